The van der Waals surface area contributed by atoms with Crippen molar-refractivity contribution in [1.82, 2.24) is 9.36 Å². The number of nitrogens with zero attached hydrogens (tertiary/aromatic N) is 2. The van der Waals surface area contributed by atoms with E-state index in [1.165, 1.54) is 4.68 Å². The Morgan fingerprint density at radius 2 is 1.91 bits per heavy atom. The first-order valence-electron chi connectivity index (χ1n) is 6.61. The largest absolute Gasteiger partial charge is 0.365 e. The SMILES string of the molecule is Cc1c(NC(=O)/C=C\C(O)O)c(=O)n(-c2ccccc2)n1C. The average Bonchev–Trinajstić information content (AvgIpc) is 2.70. The molecule has 0 fully saturated rings. The van der Waals surface area contributed by atoms with Crippen LogP contribution in [0.5, 0.6) is 0 Å². The Morgan fingerprint density at radius 3 is 2.50 bits per heavy atom. The second-order valence-electron chi connectivity index (χ2n) is 4.70. The molecule has 1 aromatic heterocycles. The fraction of sp³-hybridized carbons (Fsp3) is 0.200. The Morgan fingerprint density at radius 1 is 1.27 bits per heavy atom. The molecule has 0 unspecified atom stereocenters. The molecule has 3 N–H and O–H groups in total. The van der Waals surface area contributed by atoms with Crippen LogP contribution in [0, 0.1) is 6.92 Å². The summed E-state index contributed by atoms with van der Waals surface area (Å²) in [4.78, 5) is 24.2. The summed E-state index contributed by atoms with van der Waals surface area (Å²) in [7, 11) is 1.71. The maximum absolute atomic E-state index is 12.5. The lowest BCUT2D eigenvalue weighted by molar-refractivity contribution is -0.112. The molecule has 0 aliphatic heterocycles. The molecule has 0 spiro atoms. The lowest BCUT2D eigenvalue weighted by atomic mass is 10.3. The number of carbonyl (C=O) groups is 1. The van der Waals surface area contributed by atoms with Gasteiger partial charge >= 0.3 is 0 Å². The molecule has 2 rings (SSSR count). The van der Waals surface area contributed by atoms with Crippen LogP contribution < -0.4 is 10.9 Å². The van der Waals surface area contributed by atoms with Crippen molar-refractivity contribution in [2.45, 2.75) is 13.2 Å². The summed E-state index contributed by atoms with van der Waals surface area (Å²) < 4.78 is 3.08. The number of hydrogen-bond acceptors (Lipinski definition) is 4. The summed E-state index contributed by atoms with van der Waals surface area (Å²) in [6, 6.07) is 9.04. The molecular formula is C15H17N3O4. The number of hydrogen-bond donors (Lipinski definition) is 3. The molecule has 1 aromatic carbocycles. The highest BCUT2D eigenvalue weighted by Gasteiger charge is 2.17. The lowest BCUT2D eigenvalue weighted by Crippen LogP contribution is -2.22. The number of aromatic nitrogens is 2. The maximum atomic E-state index is 12.5. The number of aliphatic hydroxyl groups excluding tert-OH is 1. The lowest BCUT2D eigenvalue weighted by Gasteiger charge is -2.07. The van der Waals surface area contributed by atoms with E-state index in [2.05, 4.69) is 5.32 Å². The standard InChI is InChI=1S/C15H17N3O4/c1-10-14(16-12(19)8-9-13(20)21)15(22)18(17(10)2)11-6-4-3-5-7-11/h3-9,13,20-21H,1-2H3,(H,16,19)/b9-8-. The van der Waals surface area contributed by atoms with Crippen molar-refractivity contribution >= 4 is 11.6 Å². The predicted octanol–water partition coefficient (Wildman–Crippen LogP) is 0.290. The van der Waals surface area contributed by atoms with Crippen LogP contribution in [0.25, 0.3) is 5.69 Å². The van der Waals surface area contributed by atoms with Crippen LogP contribution >= 0.6 is 0 Å². The summed E-state index contributed by atoms with van der Waals surface area (Å²) in [6.07, 6.45) is 0.149. The highest BCUT2D eigenvalue weighted by atomic mass is 16.5. The number of para-hydroxylation sites is 1. The monoisotopic (exact) mass is 303 g/mol. The van der Waals surface area contributed by atoms with Crippen LogP contribution in [0.2, 0.25) is 0 Å². The zero-order valence-corrected chi connectivity index (χ0v) is 12.2. The molecule has 116 valence electrons. The van der Waals surface area contributed by atoms with Gasteiger partial charge in [0.25, 0.3) is 5.56 Å². The van der Waals surface area contributed by atoms with E-state index >= 15 is 0 Å². The Bertz CT molecular complexity index is 757. The fourth-order valence-corrected chi connectivity index (χ4v) is 2.05. The van der Waals surface area contributed by atoms with Crippen LogP contribution in [0.15, 0.2) is 47.3 Å². The second-order valence-corrected chi connectivity index (χ2v) is 4.70. The van der Waals surface area contributed by atoms with Gasteiger partial charge in [0, 0.05) is 13.1 Å². The van der Waals surface area contributed by atoms with Crippen molar-refractivity contribution in [3.63, 3.8) is 0 Å². The van der Waals surface area contributed by atoms with E-state index in [-0.39, 0.29) is 11.2 Å². The van der Waals surface area contributed by atoms with E-state index in [4.69, 9.17) is 10.2 Å². The van der Waals surface area contributed by atoms with Gasteiger partial charge in [-0.25, -0.2) is 4.68 Å². The van der Waals surface area contributed by atoms with Gasteiger partial charge in [-0.3, -0.25) is 14.3 Å². The summed E-state index contributed by atoms with van der Waals surface area (Å²) >= 11 is 0. The summed E-state index contributed by atoms with van der Waals surface area (Å²) in [5.41, 5.74) is 1.05. The molecular weight excluding hydrogens is 286 g/mol. The van der Waals surface area contributed by atoms with Crippen LogP contribution in [0.1, 0.15) is 5.69 Å². The number of nitrogens with one attached hydrogen (secondary N) is 1. The van der Waals surface area contributed by atoms with Gasteiger partial charge in [0.2, 0.25) is 5.91 Å². The summed E-state index contributed by atoms with van der Waals surface area (Å²) in [5, 5.41) is 19.8. The Labute approximate surface area is 126 Å². The fourth-order valence-electron chi connectivity index (χ4n) is 2.05. The normalized spacial score (nSPS) is 11.3. The smallest absolute Gasteiger partial charge is 0.295 e. The van der Waals surface area contributed by atoms with Gasteiger partial charge in [0.1, 0.15) is 5.69 Å². The van der Waals surface area contributed by atoms with E-state index in [1.54, 1.807) is 30.8 Å². The molecule has 0 radical (unpaired) electrons. The van der Waals surface area contributed by atoms with E-state index < -0.39 is 12.2 Å². The van der Waals surface area contributed by atoms with Gasteiger partial charge in [-0.2, -0.15) is 0 Å². The summed E-state index contributed by atoms with van der Waals surface area (Å²) in [6.45, 7) is 1.71. The third-order valence-corrected chi connectivity index (χ3v) is 3.22. The van der Waals surface area contributed by atoms with Gasteiger partial charge in [-0.05, 0) is 25.1 Å². The van der Waals surface area contributed by atoms with Crippen LogP contribution in [0.3, 0.4) is 0 Å². The minimum Gasteiger partial charge on any atom is -0.365 e. The van der Waals surface area contributed by atoms with Gasteiger partial charge in [0.15, 0.2) is 6.29 Å². The predicted molar refractivity (Wildman–Crippen MR) is 81.7 cm³/mol. The Kier molecular flexibility index (Phi) is 4.59. The summed E-state index contributed by atoms with van der Waals surface area (Å²) in [5.74, 6) is -0.612. The van der Waals surface area contributed by atoms with E-state index in [9.17, 15) is 9.59 Å². The highest BCUT2D eigenvalue weighted by molar-refractivity contribution is 5.99. The van der Waals surface area contributed by atoms with Crippen molar-refractivity contribution in [2.24, 2.45) is 7.05 Å². The Balaban J connectivity index is 2.39. The molecule has 0 saturated carbocycles. The first-order chi connectivity index (χ1) is 10.4. The quantitative estimate of drug-likeness (QED) is 0.559. The maximum Gasteiger partial charge on any atom is 0.295 e. The van der Waals surface area contributed by atoms with Gasteiger partial charge in [0.05, 0.1) is 11.4 Å². The van der Waals surface area contributed by atoms with E-state index in [0.29, 0.717) is 11.4 Å². The highest BCUT2D eigenvalue weighted by Crippen LogP contribution is 2.13. The number of aliphatic hydroxyl groups is 2. The first-order valence-corrected chi connectivity index (χ1v) is 6.61. The minimum absolute atomic E-state index is 0.147. The molecule has 0 aliphatic rings. The third-order valence-electron chi connectivity index (χ3n) is 3.22. The van der Waals surface area contributed by atoms with E-state index in [1.807, 2.05) is 18.2 Å². The molecule has 1 amide bonds. The number of amides is 1. The van der Waals surface area contributed by atoms with E-state index in [0.717, 1.165) is 12.2 Å². The molecule has 0 atom stereocenters. The molecule has 2 aromatic rings. The number of anilines is 1. The van der Waals surface area contributed by atoms with Crippen molar-refractivity contribution in [3.05, 3.63) is 58.5 Å². The second kappa shape index (κ2) is 6.42. The van der Waals surface area contributed by atoms with Crippen LogP contribution in [-0.4, -0.2) is 31.8 Å². The van der Waals surface area contributed by atoms with Crippen molar-refractivity contribution in [1.29, 1.82) is 0 Å². The number of carbonyl (C=O) groups excluding carboxylic acids is 1. The zero-order chi connectivity index (χ0) is 16.3. The zero-order valence-electron chi connectivity index (χ0n) is 12.2. The van der Waals surface area contributed by atoms with Crippen molar-refractivity contribution < 1.29 is 15.0 Å². The number of benzene rings is 1. The molecule has 0 aliphatic carbocycles. The van der Waals surface area contributed by atoms with Crippen molar-refractivity contribution in [2.75, 3.05) is 5.32 Å². The molecule has 0 saturated heterocycles. The van der Waals surface area contributed by atoms with Crippen molar-refractivity contribution in [3.8, 4) is 5.69 Å². The minimum atomic E-state index is -1.72. The third kappa shape index (κ3) is 3.16. The number of rotatable bonds is 4. The molecule has 22 heavy (non-hydrogen) atoms. The topological polar surface area (TPSA) is 96.5 Å². The molecule has 1 heterocycles. The van der Waals surface area contributed by atoms with Crippen LogP contribution in [0.4, 0.5) is 5.69 Å². The Hall–Kier alpha value is -2.64. The van der Waals surface area contributed by atoms with Gasteiger partial charge in [-0.15, -0.1) is 0 Å². The molecule has 0 bridgehead atoms. The van der Waals surface area contributed by atoms with Gasteiger partial charge in [-0.1, -0.05) is 18.2 Å². The first kappa shape index (κ1) is 15.7. The molecule has 7 nitrogen and oxygen atoms in total. The van der Waals surface area contributed by atoms with Gasteiger partial charge < -0.3 is 15.5 Å². The van der Waals surface area contributed by atoms with Crippen LogP contribution in [-0.2, 0) is 11.8 Å². The molecule has 7 heteroatoms. The average molecular weight is 303 g/mol.